The molecule has 1 aromatic heterocycles. The summed E-state index contributed by atoms with van der Waals surface area (Å²) in [6.07, 6.45) is 3.03. The van der Waals surface area contributed by atoms with Crippen LogP contribution >= 0.6 is 15.9 Å². The van der Waals surface area contributed by atoms with E-state index in [1.807, 2.05) is 6.20 Å². The Morgan fingerprint density at radius 2 is 2.05 bits per heavy atom. The van der Waals surface area contributed by atoms with Crippen molar-refractivity contribution < 1.29 is 0 Å². The Kier molecular flexibility index (Phi) is 6.69. The molecule has 0 saturated carbocycles. The van der Waals surface area contributed by atoms with Gasteiger partial charge in [0.05, 0.1) is 22.9 Å². The van der Waals surface area contributed by atoms with Crippen molar-refractivity contribution >= 4 is 15.9 Å². The van der Waals surface area contributed by atoms with Crippen LogP contribution in [0.3, 0.4) is 0 Å². The Bertz CT molecular complexity index is 406. The number of likely N-dealkylation sites (N-methyl/N-ethyl adjacent to an activating group) is 1. The lowest BCUT2D eigenvalue weighted by atomic mass is 10.0. The maximum absolute atomic E-state index is 4.49. The predicted octanol–water partition coefficient (Wildman–Crippen LogP) is 3.09. The first-order chi connectivity index (χ1) is 9.20. The van der Waals surface area contributed by atoms with Crippen LogP contribution in [0, 0.1) is 0 Å². The van der Waals surface area contributed by atoms with Gasteiger partial charge in [0, 0.05) is 18.0 Å². The molecule has 1 heterocycles. The van der Waals surface area contributed by atoms with Gasteiger partial charge in [0.25, 0.3) is 0 Å². The molecule has 1 atom stereocenters. The first kappa shape index (κ1) is 17.7. The van der Waals surface area contributed by atoms with Gasteiger partial charge in [0.15, 0.2) is 0 Å². The molecule has 0 radical (unpaired) electrons. The van der Waals surface area contributed by atoms with E-state index in [4.69, 9.17) is 0 Å². The fraction of sp³-hybridized carbons (Fsp3) is 0.800. The van der Waals surface area contributed by atoms with Gasteiger partial charge < -0.3 is 10.2 Å². The fourth-order valence-electron chi connectivity index (χ4n) is 2.14. The van der Waals surface area contributed by atoms with Crippen molar-refractivity contribution in [1.82, 2.24) is 20.0 Å². The zero-order valence-electron chi connectivity index (χ0n) is 13.7. The van der Waals surface area contributed by atoms with Crippen molar-refractivity contribution in [1.29, 1.82) is 0 Å². The van der Waals surface area contributed by atoms with Gasteiger partial charge in [0.1, 0.15) is 0 Å². The van der Waals surface area contributed by atoms with Crippen molar-refractivity contribution in [3.05, 3.63) is 16.4 Å². The van der Waals surface area contributed by atoms with E-state index in [2.05, 4.69) is 77.7 Å². The zero-order valence-corrected chi connectivity index (χ0v) is 15.3. The molecule has 4 nitrogen and oxygen atoms in total. The maximum atomic E-state index is 4.49. The second-order valence-corrected chi connectivity index (χ2v) is 7.63. The molecule has 0 amide bonds. The van der Waals surface area contributed by atoms with Crippen LogP contribution in [0.2, 0.25) is 0 Å². The number of nitrogens with one attached hydrogen (secondary N) is 1. The van der Waals surface area contributed by atoms with Crippen LogP contribution in [0.1, 0.15) is 45.7 Å². The summed E-state index contributed by atoms with van der Waals surface area (Å²) in [6, 6.07) is 0. The van der Waals surface area contributed by atoms with E-state index >= 15 is 0 Å². The summed E-state index contributed by atoms with van der Waals surface area (Å²) in [5, 5.41) is 8.04. The lowest BCUT2D eigenvalue weighted by Gasteiger charge is -2.22. The van der Waals surface area contributed by atoms with Crippen LogP contribution < -0.4 is 5.32 Å². The molecule has 0 saturated heterocycles. The summed E-state index contributed by atoms with van der Waals surface area (Å²) in [4.78, 5) is 2.19. The second kappa shape index (κ2) is 7.57. The Morgan fingerprint density at radius 1 is 1.40 bits per heavy atom. The molecule has 1 rings (SSSR count). The van der Waals surface area contributed by atoms with Crippen molar-refractivity contribution in [2.45, 2.75) is 52.1 Å². The minimum Gasteiger partial charge on any atom is -0.312 e. The number of rotatable bonds is 7. The molecule has 1 aromatic rings. The molecule has 0 spiro atoms. The lowest BCUT2D eigenvalue weighted by molar-refractivity contribution is 0.363. The van der Waals surface area contributed by atoms with E-state index < -0.39 is 0 Å². The van der Waals surface area contributed by atoms with Gasteiger partial charge in [-0.1, -0.05) is 6.92 Å². The van der Waals surface area contributed by atoms with Crippen molar-refractivity contribution in [2.24, 2.45) is 0 Å². The number of hydrogen-bond acceptors (Lipinski definition) is 3. The average molecular weight is 345 g/mol. The van der Waals surface area contributed by atoms with Gasteiger partial charge >= 0.3 is 0 Å². The highest BCUT2D eigenvalue weighted by atomic mass is 79.9. The van der Waals surface area contributed by atoms with E-state index in [-0.39, 0.29) is 5.54 Å². The topological polar surface area (TPSA) is 33.1 Å². The zero-order chi connectivity index (χ0) is 15.3. The molecule has 0 aliphatic heterocycles. The van der Waals surface area contributed by atoms with Crippen LogP contribution in [0.5, 0.6) is 0 Å². The van der Waals surface area contributed by atoms with E-state index in [1.54, 1.807) is 0 Å². The minimum absolute atomic E-state index is 0.183. The Morgan fingerprint density at radius 3 is 2.60 bits per heavy atom. The molecule has 20 heavy (non-hydrogen) atoms. The molecule has 0 aliphatic rings. The first-order valence-corrected chi connectivity index (χ1v) is 8.11. The van der Waals surface area contributed by atoms with Gasteiger partial charge in [-0.05, 0) is 63.8 Å². The van der Waals surface area contributed by atoms with Gasteiger partial charge in [0.2, 0.25) is 0 Å². The predicted molar refractivity (Wildman–Crippen MR) is 89.3 cm³/mol. The Balaban J connectivity index is 2.62. The third-order valence-electron chi connectivity index (χ3n) is 3.29. The van der Waals surface area contributed by atoms with E-state index in [0.717, 1.165) is 30.5 Å². The van der Waals surface area contributed by atoms with Crippen LogP contribution in [0.4, 0.5) is 0 Å². The summed E-state index contributed by atoms with van der Waals surface area (Å²) in [5.74, 6) is 0.490. The highest BCUT2D eigenvalue weighted by molar-refractivity contribution is 9.10. The summed E-state index contributed by atoms with van der Waals surface area (Å²) >= 11 is 3.64. The second-order valence-electron chi connectivity index (χ2n) is 6.77. The van der Waals surface area contributed by atoms with Crippen LogP contribution in [-0.2, 0) is 6.54 Å². The molecule has 5 heteroatoms. The molecule has 0 aliphatic carbocycles. The molecule has 1 unspecified atom stereocenters. The fourth-order valence-corrected chi connectivity index (χ4v) is 2.82. The van der Waals surface area contributed by atoms with Crippen molar-refractivity contribution in [2.75, 3.05) is 27.2 Å². The number of aromatic nitrogens is 2. The Labute approximate surface area is 132 Å². The molecule has 0 bridgehead atoms. The van der Waals surface area contributed by atoms with E-state index in [9.17, 15) is 0 Å². The van der Waals surface area contributed by atoms with Crippen molar-refractivity contribution in [3.8, 4) is 0 Å². The molecule has 1 N–H and O–H groups in total. The van der Waals surface area contributed by atoms with Gasteiger partial charge in [-0.15, -0.1) is 0 Å². The largest absolute Gasteiger partial charge is 0.312 e. The molecule has 0 aromatic carbocycles. The van der Waals surface area contributed by atoms with Crippen LogP contribution in [0.25, 0.3) is 0 Å². The van der Waals surface area contributed by atoms with Gasteiger partial charge in [-0.25, -0.2) is 0 Å². The summed E-state index contributed by atoms with van der Waals surface area (Å²) < 4.78 is 3.26. The van der Waals surface area contributed by atoms with Gasteiger partial charge in [-0.2, -0.15) is 5.10 Å². The van der Waals surface area contributed by atoms with E-state index in [0.29, 0.717) is 5.92 Å². The third-order valence-corrected chi connectivity index (χ3v) is 3.90. The number of nitrogens with zero attached hydrogens (tertiary/aromatic N) is 3. The molecule has 116 valence electrons. The maximum Gasteiger partial charge on any atom is 0.0635 e. The molecular weight excluding hydrogens is 316 g/mol. The summed E-state index contributed by atoms with van der Waals surface area (Å²) in [5.41, 5.74) is 1.49. The average Bonchev–Trinajstić information content (AvgIpc) is 2.66. The van der Waals surface area contributed by atoms with Crippen molar-refractivity contribution in [3.63, 3.8) is 0 Å². The quantitative estimate of drug-likeness (QED) is 0.824. The summed E-state index contributed by atoms with van der Waals surface area (Å²) in [6.45, 7) is 11.9. The SMILES string of the molecule is CC(CCNC(C)(C)C)c1c(Br)cnn1CCN(C)C. The lowest BCUT2D eigenvalue weighted by Crippen LogP contribution is -2.36. The van der Waals surface area contributed by atoms with Crippen LogP contribution in [0.15, 0.2) is 10.7 Å². The smallest absolute Gasteiger partial charge is 0.0635 e. The monoisotopic (exact) mass is 344 g/mol. The Hall–Kier alpha value is -0.390. The van der Waals surface area contributed by atoms with E-state index in [1.165, 1.54) is 5.69 Å². The van der Waals surface area contributed by atoms with Gasteiger partial charge in [-0.3, -0.25) is 4.68 Å². The summed E-state index contributed by atoms with van der Waals surface area (Å²) in [7, 11) is 4.18. The minimum atomic E-state index is 0.183. The number of hydrogen-bond donors (Lipinski definition) is 1. The third kappa shape index (κ3) is 5.94. The highest BCUT2D eigenvalue weighted by Crippen LogP contribution is 2.27. The van der Waals surface area contributed by atoms with Crippen LogP contribution in [-0.4, -0.2) is 47.4 Å². The normalized spacial score (nSPS) is 14.0. The standard InChI is InChI=1S/C15H29BrN4/c1-12(7-8-17-15(2,3)4)14-13(16)11-18-20(14)10-9-19(5)6/h11-12,17H,7-10H2,1-6H3. The molecular formula is C15H29BrN4. The molecule has 0 fully saturated rings. The first-order valence-electron chi connectivity index (χ1n) is 7.31. The highest BCUT2D eigenvalue weighted by Gasteiger charge is 2.17. The number of halogens is 1.